The molecule has 27 heavy (non-hydrogen) atoms. The first kappa shape index (κ1) is 20.2. The lowest BCUT2D eigenvalue weighted by atomic mass is 10.1. The van der Waals surface area contributed by atoms with Crippen molar-refractivity contribution < 1.29 is 9.59 Å². The van der Waals surface area contributed by atoms with Gasteiger partial charge in [0, 0.05) is 31.9 Å². The molecule has 0 spiro atoms. The number of carbonyl (C=O) groups is 2. The van der Waals surface area contributed by atoms with Gasteiger partial charge in [-0.2, -0.15) is 0 Å². The van der Waals surface area contributed by atoms with Crippen molar-refractivity contribution in [3.8, 4) is 0 Å². The van der Waals surface area contributed by atoms with Gasteiger partial charge in [-0.15, -0.1) is 0 Å². The Balaban J connectivity index is 2.25. The van der Waals surface area contributed by atoms with Crippen molar-refractivity contribution in [2.24, 2.45) is 5.92 Å². The summed E-state index contributed by atoms with van der Waals surface area (Å²) in [5, 5.41) is 5.60. The zero-order valence-corrected chi connectivity index (χ0v) is 16.3. The van der Waals surface area contributed by atoms with E-state index in [1.54, 1.807) is 30.3 Å². The highest BCUT2D eigenvalue weighted by molar-refractivity contribution is 6.05. The Morgan fingerprint density at radius 1 is 1.00 bits per heavy atom. The molecule has 0 aliphatic carbocycles. The normalized spacial score (nSPS) is 11.2. The Hall–Kier alpha value is -3.08. The van der Waals surface area contributed by atoms with Crippen LogP contribution in [0.4, 0.5) is 5.69 Å². The molecule has 2 N–H and O–H groups in total. The van der Waals surface area contributed by atoms with Crippen LogP contribution in [0.5, 0.6) is 0 Å². The van der Waals surface area contributed by atoms with Gasteiger partial charge in [-0.05, 0) is 41.8 Å². The highest BCUT2D eigenvalue weighted by atomic mass is 16.2. The van der Waals surface area contributed by atoms with Gasteiger partial charge < -0.3 is 15.5 Å². The van der Waals surface area contributed by atoms with Gasteiger partial charge in [-0.25, -0.2) is 0 Å². The molecule has 0 aromatic heterocycles. The Labute approximate surface area is 161 Å². The lowest BCUT2D eigenvalue weighted by molar-refractivity contribution is -0.117. The van der Waals surface area contributed by atoms with Gasteiger partial charge >= 0.3 is 0 Å². The van der Waals surface area contributed by atoms with Gasteiger partial charge in [0.15, 0.2) is 0 Å². The van der Waals surface area contributed by atoms with E-state index in [-0.39, 0.29) is 17.5 Å². The van der Waals surface area contributed by atoms with Crippen LogP contribution in [0, 0.1) is 5.92 Å². The second kappa shape index (κ2) is 9.57. The van der Waals surface area contributed by atoms with Crippen LogP contribution in [0.3, 0.4) is 0 Å². The van der Waals surface area contributed by atoms with Crippen molar-refractivity contribution in [3.05, 3.63) is 71.4 Å². The molecule has 0 saturated carbocycles. The zero-order chi connectivity index (χ0) is 19.8. The number of carbonyl (C=O) groups excluding carboxylic acids is 2. The van der Waals surface area contributed by atoms with Crippen molar-refractivity contribution in [2.75, 3.05) is 25.5 Å². The molecule has 142 valence electrons. The molecular formula is C22H27N3O2. The van der Waals surface area contributed by atoms with E-state index in [9.17, 15) is 9.59 Å². The summed E-state index contributed by atoms with van der Waals surface area (Å²) in [6.45, 7) is 4.58. The zero-order valence-electron chi connectivity index (χ0n) is 16.3. The third kappa shape index (κ3) is 6.29. The second-order valence-corrected chi connectivity index (χ2v) is 6.97. The molecule has 2 rings (SSSR count). The molecule has 0 aliphatic heterocycles. The van der Waals surface area contributed by atoms with Gasteiger partial charge in [0.05, 0.1) is 0 Å². The van der Waals surface area contributed by atoms with Gasteiger partial charge in [-0.3, -0.25) is 9.59 Å². The lowest BCUT2D eigenvalue weighted by Crippen LogP contribution is -2.36. The molecule has 2 aromatic rings. The van der Waals surface area contributed by atoms with Crippen LogP contribution in [-0.4, -0.2) is 32.5 Å². The Morgan fingerprint density at radius 3 is 2.19 bits per heavy atom. The average Bonchev–Trinajstić information content (AvgIpc) is 2.66. The Kier molecular flexibility index (Phi) is 7.17. The van der Waals surface area contributed by atoms with Crippen molar-refractivity contribution in [2.45, 2.75) is 13.8 Å². The van der Waals surface area contributed by atoms with Crippen LogP contribution in [0.1, 0.15) is 29.8 Å². The topological polar surface area (TPSA) is 61.4 Å². The van der Waals surface area contributed by atoms with Crippen molar-refractivity contribution in [1.29, 1.82) is 0 Å². The summed E-state index contributed by atoms with van der Waals surface area (Å²) in [6, 6.07) is 16.6. The SMILES string of the molecule is CC(C)CNC(=O)/C(=C\c1ccc(N(C)C)cc1)NC(=O)c1ccccc1. The summed E-state index contributed by atoms with van der Waals surface area (Å²) < 4.78 is 0. The molecule has 5 heteroatoms. The monoisotopic (exact) mass is 365 g/mol. The van der Waals surface area contributed by atoms with E-state index < -0.39 is 0 Å². The van der Waals surface area contributed by atoms with Crippen LogP contribution in [0.2, 0.25) is 0 Å². The molecule has 0 bridgehead atoms. The summed E-state index contributed by atoms with van der Waals surface area (Å²) >= 11 is 0. The van der Waals surface area contributed by atoms with Gasteiger partial charge in [0.2, 0.25) is 0 Å². The quantitative estimate of drug-likeness (QED) is 0.740. The number of nitrogens with one attached hydrogen (secondary N) is 2. The maximum absolute atomic E-state index is 12.6. The molecule has 0 atom stereocenters. The standard InChI is InChI=1S/C22H27N3O2/c1-16(2)15-23-22(27)20(24-21(26)18-8-6-5-7-9-18)14-17-10-12-19(13-11-17)25(3)4/h5-14,16H,15H2,1-4H3,(H,23,27)(H,24,26)/b20-14+. The number of hydrogen-bond acceptors (Lipinski definition) is 3. The van der Waals surface area contributed by atoms with E-state index in [1.807, 2.05) is 63.2 Å². The average molecular weight is 365 g/mol. The third-order valence-corrected chi connectivity index (χ3v) is 3.92. The van der Waals surface area contributed by atoms with Crippen LogP contribution >= 0.6 is 0 Å². The van der Waals surface area contributed by atoms with E-state index in [0.29, 0.717) is 18.0 Å². The molecule has 0 unspecified atom stereocenters. The second-order valence-electron chi connectivity index (χ2n) is 6.97. The maximum Gasteiger partial charge on any atom is 0.267 e. The third-order valence-electron chi connectivity index (χ3n) is 3.92. The lowest BCUT2D eigenvalue weighted by Gasteiger charge is -2.14. The molecule has 0 aliphatic rings. The smallest absolute Gasteiger partial charge is 0.267 e. The van der Waals surface area contributed by atoms with E-state index in [2.05, 4.69) is 10.6 Å². The largest absolute Gasteiger partial charge is 0.378 e. The minimum Gasteiger partial charge on any atom is -0.378 e. The number of rotatable bonds is 7. The highest BCUT2D eigenvalue weighted by Gasteiger charge is 2.14. The van der Waals surface area contributed by atoms with Crippen LogP contribution in [0.25, 0.3) is 6.08 Å². The predicted octanol–water partition coefficient (Wildman–Crippen LogP) is 3.30. The first-order valence-corrected chi connectivity index (χ1v) is 9.00. The molecule has 0 saturated heterocycles. The Bertz CT molecular complexity index is 794. The first-order chi connectivity index (χ1) is 12.9. The minimum absolute atomic E-state index is 0.224. The van der Waals surface area contributed by atoms with Crippen molar-refractivity contribution in [1.82, 2.24) is 10.6 Å². The summed E-state index contributed by atoms with van der Waals surface area (Å²) in [4.78, 5) is 27.1. The van der Waals surface area contributed by atoms with Crippen molar-refractivity contribution in [3.63, 3.8) is 0 Å². The number of hydrogen-bond donors (Lipinski definition) is 2. The summed E-state index contributed by atoms with van der Waals surface area (Å²) in [6.07, 6.45) is 1.69. The van der Waals surface area contributed by atoms with Gasteiger partial charge in [0.25, 0.3) is 11.8 Å². The first-order valence-electron chi connectivity index (χ1n) is 9.00. The summed E-state index contributed by atoms with van der Waals surface area (Å²) in [7, 11) is 3.94. The fourth-order valence-electron chi connectivity index (χ4n) is 2.37. The molecule has 2 aromatic carbocycles. The molecule has 5 nitrogen and oxygen atoms in total. The van der Waals surface area contributed by atoms with Crippen LogP contribution < -0.4 is 15.5 Å². The number of benzene rings is 2. The molecule has 0 heterocycles. The molecule has 0 fully saturated rings. The Morgan fingerprint density at radius 2 is 1.63 bits per heavy atom. The van der Waals surface area contributed by atoms with E-state index >= 15 is 0 Å². The molecular weight excluding hydrogens is 338 g/mol. The highest BCUT2D eigenvalue weighted by Crippen LogP contribution is 2.14. The van der Waals surface area contributed by atoms with Crippen molar-refractivity contribution >= 4 is 23.6 Å². The van der Waals surface area contributed by atoms with Crippen LogP contribution in [0.15, 0.2) is 60.3 Å². The van der Waals surface area contributed by atoms with E-state index in [0.717, 1.165) is 11.3 Å². The number of nitrogens with zero attached hydrogens (tertiary/aromatic N) is 1. The fourth-order valence-corrected chi connectivity index (χ4v) is 2.37. The molecule has 2 amide bonds. The minimum atomic E-state index is -0.313. The van der Waals surface area contributed by atoms with Crippen LogP contribution in [-0.2, 0) is 4.79 Å². The van der Waals surface area contributed by atoms with Gasteiger partial charge in [0.1, 0.15) is 5.70 Å². The van der Waals surface area contributed by atoms with E-state index in [1.165, 1.54) is 0 Å². The number of amides is 2. The molecule has 0 radical (unpaired) electrons. The van der Waals surface area contributed by atoms with E-state index in [4.69, 9.17) is 0 Å². The number of anilines is 1. The summed E-state index contributed by atoms with van der Waals surface area (Å²) in [5.41, 5.74) is 2.63. The maximum atomic E-state index is 12.6. The fraction of sp³-hybridized carbons (Fsp3) is 0.273. The van der Waals surface area contributed by atoms with Gasteiger partial charge in [-0.1, -0.05) is 44.2 Å². The summed E-state index contributed by atoms with van der Waals surface area (Å²) in [5.74, 6) is -0.296. The predicted molar refractivity (Wildman–Crippen MR) is 111 cm³/mol.